The second-order valence-electron chi connectivity index (χ2n) is 7.98. The van der Waals surface area contributed by atoms with Crippen molar-refractivity contribution in [1.82, 2.24) is 20.4 Å². The van der Waals surface area contributed by atoms with E-state index in [1.165, 1.54) is 5.56 Å². The third-order valence-corrected chi connectivity index (χ3v) is 5.73. The second kappa shape index (κ2) is 8.26. The minimum absolute atomic E-state index is 0.0117. The molecule has 1 aromatic heterocycles. The van der Waals surface area contributed by atoms with Crippen molar-refractivity contribution >= 4 is 28.3 Å². The van der Waals surface area contributed by atoms with Crippen LogP contribution in [-0.2, 0) is 10.2 Å². The molecule has 1 saturated heterocycles. The number of anilines is 1. The zero-order chi connectivity index (χ0) is 20.3. The average Bonchev–Trinajstić information content (AvgIpc) is 3.11. The number of rotatable bonds is 4. The molecule has 1 aromatic carbocycles. The molecule has 2 aromatic rings. The molecule has 1 fully saturated rings. The Kier molecular flexibility index (Phi) is 5.98. The van der Waals surface area contributed by atoms with E-state index < -0.39 is 0 Å². The lowest BCUT2D eigenvalue weighted by molar-refractivity contribution is -0.130. The fraction of sp³-hybridized carbons (Fsp3) is 0.500. The van der Waals surface area contributed by atoms with Crippen LogP contribution in [0.4, 0.5) is 5.13 Å². The summed E-state index contributed by atoms with van der Waals surface area (Å²) in [5.41, 5.74) is 1.78. The number of carbonyl (C=O) groups is 2. The van der Waals surface area contributed by atoms with Gasteiger partial charge in [0, 0.05) is 31.7 Å². The molecule has 0 saturated carbocycles. The highest BCUT2D eigenvalue weighted by Gasteiger charge is 2.23. The molecule has 0 aliphatic carbocycles. The van der Waals surface area contributed by atoms with Gasteiger partial charge in [0.05, 0.1) is 6.54 Å². The monoisotopic (exact) mass is 401 g/mol. The van der Waals surface area contributed by atoms with E-state index in [1.807, 2.05) is 31.2 Å². The van der Waals surface area contributed by atoms with Gasteiger partial charge < -0.3 is 15.1 Å². The van der Waals surface area contributed by atoms with Gasteiger partial charge >= 0.3 is 0 Å². The first kappa shape index (κ1) is 20.3. The van der Waals surface area contributed by atoms with Crippen molar-refractivity contribution in [2.75, 3.05) is 37.6 Å². The molecule has 1 aliphatic rings. The number of hydrogen-bond donors (Lipinski definition) is 1. The predicted molar refractivity (Wildman–Crippen MR) is 111 cm³/mol. The summed E-state index contributed by atoms with van der Waals surface area (Å²) in [5.74, 6) is -0.287. The number of benzene rings is 1. The lowest BCUT2D eigenvalue weighted by atomic mass is 9.87. The Morgan fingerprint density at radius 3 is 2.25 bits per heavy atom. The zero-order valence-electron chi connectivity index (χ0n) is 16.9. The average molecular weight is 402 g/mol. The van der Waals surface area contributed by atoms with Gasteiger partial charge in [0.2, 0.25) is 11.0 Å². The molecular weight excluding hydrogens is 374 g/mol. The van der Waals surface area contributed by atoms with Crippen molar-refractivity contribution < 1.29 is 9.59 Å². The van der Waals surface area contributed by atoms with Crippen molar-refractivity contribution in [2.45, 2.75) is 33.1 Å². The molecule has 1 aliphatic heterocycles. The number of hydrogen-bond acceptors (Lipinski definition) is 6. The summed E-state index contributed by atoms with van der Waals surface area (Å²) < 4.78 is 0. The number of carbonyl (C=O) groups excluding carboxylic acids is 2. The molecule has 3 rings (SSSR count). The van der Waals surface area contributed by atoms with E-state index in [4.69, 9.17) is 0 Å². The minimum atomic E-state index is -0.225. The van der Waals surface area contributed by atoms with Crippen LogP contribution in [0.1, 0.15) is 41.7 Å². The van der Waals surface area contributed by atoms with Crippen LogP contribution in [0.15, 0.2) is 24.3 Å². The van der Waals surface area contributed by atoms with Crippen LogP contribution in [0.25, 0.3) is 0 Å². The zero-order valence-corrected chi connectivity index (χ0v) is 17.7. The minimum Gasteiger partial charge on any atom is -0.343 e. The van der Waals surface area contributed by atoms with Gasteiger partial charge in [-0.15, -0.1) is 10.2 Å². The van der Waals surface area contributed by atoms with Crippen molar-refractivity contribution in [3.05, 3.63) is 40.4 Å². The highest BCUT2D eigenvalue weighted by Crippen LogP contribution is 2.22. The predicted octanol–water partition coefficient (Wildman–Crippen LogP) is 2.22. The van der Waals surface area contributed by atoms with Crippen molar-refractivity contribution in [2.24, 2.45) is 0 Å². The van der Waals surface area contributed by atoms with Crippen LogP contribution < -0.4 is 10.2 Å². The quantitative estimate of drug-likeness (QED) is 0.850. The van der Waals surface area contributed by atoms with Gasteiger partial charge in [-0.25, -0.2) is 0 Å². The second-order valence-corrected chi connectivity index (χ2v) is 9.14. The van der Waals surface area contributed by atoms with Crippen molar-refractivity contribution in [3.63, 3.8) is 0 Å². The summed E-state index contributed by atoms with van der Waals surface area (Å²) in [6.07, 6.45) is 0. The van der Waals surface area contributed by atoms with Crippen molar-refractivity contribution in [3.8, 4) is 0 Å². The number of nitrogens with zero attached hydrogens (tertiary/aromatic N) is 4. The maximum Gasteiger partial charge on any atom is 0.251 e. The maximum absolute atomic E-state index is 12.4. The van der Waals surface area contributed by atoms with Gasteiger partial charge in [-0.3, -0.25) is 9.59 Å². The van der Waals surface area contributed by atoms with E-state index in [9.17, 15) is 9.59 Å². The third-order valence-electron chi connectivity index (χ3n) is 4.83. The molecule has 1 N–H and O–H groups in total. The summed E-state index contributed by atoms with van der Waals surface area (Å²) in [4.78, 5) is 28.7. The number of amides is 2. The topological polar surface area (TPSA) is 78.4 Å². The molecule has 28 heavy (non-hydrogen) atoms. The SMILES string of the molecule is Cc1nnc(N2CCN(C(=O)CNC(=O)c3ccc(C(C)(C)C)cc3)CC2)s1. The van der Waals surface area contributed by atoms with E-state index in [0.29, 0.717) is 18.7 Å². The van der Waals surface area contributed by atoms with Gasteiger partial charge in [0.1, 0.15) is 5.01 Å². The van der Waals surface area contributed by atoms with Gasteiger partial charge in [-0.2, -0.15) is 0 Å². The van der Waals surface area contributed by atoms with Crippen molar-refractivity contribution in [1.29, 1.82) is 0 Å². The largest absolute Gasteiger partial charge is 0.343 e. The van der Waals surface area contributed by atoms with Gasteiger partial charge in [-0.1, -0.05) is 44.2 Å². The maximum atomic E-state index is 12.4. The summed E-state index contributed by atoms with van der Waals surface area (Å²) in [7, 11) is 0. The van der Waals surface area contributed by atoms with Gasteiger partial charge in [-0.05, 0) is 30.0 Å². The molecule has 0 spiro atoms. The summed E-state index contributed by atoms with van der Waals surface area (Å²) in [6, 6.07) is 7.54. The van der Waals surface area contributed by atoms with Gasteiger partial charge in [0.25, 0.3) is 5.91 Å². The molecule has 8 heteroatoms. The fourth-order valence-corrected chi connectivity index (χ4v) is 3.79. The smallest absolute Gasteiger partial charge is 0.251 e. The lowest BCUT2D eigenvalue weighted by Gasteiger charge is -2.34. The Bertz CT molecular complexity index is 833. The molecule has 7 nitrogen and oxygen atoms in total. The van der Waals surface area contributed by atoms with Crippen LogP contribution in [0.2, 0.25) is 0 Å². The molecule has 0 atom stereocenters. The van der Waals surface area contributed by atoms with Crippen LogP contribution >= 0.6 is 11.3 Å². The highest BCUT2D eigenvalue weighted by molar-refractivity contribution is 7.15. The Labute approximate surface area is 169 Å². The summed E-state index contributed by atoms with van der Waals surface area (Å²) >= 11 is 1.56. The van der Waals surface area contributed by atoms with Crippen LogP contribution in [0, 0.1) is 6.92 Å². The summed E-state index contributed by atoms with van der Waals surface area (Å²) in [5, 5.41) is 12.8. The Balaban J connectivity index is 1.47. The molecule has 0 unspecified atom stereocenters. The first-order valence-electron chi connectivity index (χ1n) is 9.45. The number of piperazine rings is 1. The molecule has 0 radical (unpaired) electrons. The van der Waals surface area contributed by atoms with Crippen LogP contribution in [0.3, 0.4) is 0 Å². The molecule has 2 amide bonds. The Morgan fingerprint density at radius 2 is 1.71 bits per heavy atom. The first-order valence-corrected chi connectivity index (χ1v) is 10.3. The molecule has 150 valence electrons. The van der Waals surface area contributed by atoms with Crippen LogP contribution in [0.5, 0.6) is 0 Å². The van der Waals surface area contributed by atoms with Crippen LogP contribution in [-0.4, -0.2) is 59.6 Å². The number of aryl methyl sites for hydroxylation is 1. The van der Waals surface area contributed by atoms with E-state index in [-0.39, 0.29) is 23.8 Å². The van der Waals surface area contributed by atoms with E-state index >= 15 is 0 Å². The summed E-state index contributed by atoms with van der Waals surface area (Å²) in [6.45, 7) is 11.0. The molecule has 0 bridgehead atoms. The normalized spacial score (nSPS) is 14.9. The number of aromatic nitrogens is 2. The first-order chi connectivity index (χ1) is 13.2. The molecule has 2 heterocycles. The standard InChI is InChI=1S/C20H27N5O2S/c1-14-22-23-19(28-14)25-11-9-24(10-12-25)17(26)13-21-18(27)15-5-7-16(8-6-15)20(2,3)4/h5-8H,9-13H2,1-4H3,(H,21,27). The molecular formula is C20H27N5O2S. The van der Waals surface area contributed by atoms with E-state index in [1.54, 1.807) is 16.2 Å². The van der Waals surface area contributed by atoms with E-state index in [0.717, 1.165) is 23.2 Å². The van der Waals surface area contributed by atoms with E-state index in [2.05, 4.69) is 41.2 Å². The lowest BCUT2D eigenvalue weighted by Crippen LogP contribution is -2.51. The van der Waals surface area contributed by atoms with Gasteiger partial charge in [0.15, 0.2) is 0 Å². The third kappa shape index (κ3) is 4.86. The highest BCUT2D eigenvalue weighted by atomic mass is 32.1. The number of nitrogens with one attached hydrogen (secondary N) is 1. The Hall–Kier alpha value is -2.48. The Morgan fingerprint density at radius 1 is 1.07 bits per heavy atom. The fourth-order valence-electron chi connectivity index (χ4n) is 3.05.